The van der Waals surface area contributed by atoms with Crippen molar-refractivity contribution in [3.8, 4) is 5.75 Å². The number of hydrogen-bond donors (Lipinski definition) is 1. The number of aliphatic hydroxyl groups is 1. The molecule has 1 aromatic carbocycles. The number of ether oxygens (including phenoxy) is 1. The summed E-state index contributed by atoms with van der Waals surface area (Å²) in [6.07, 6.45) is 5.74. The summed E-state index contributed by atoms with van der Waals surface area (Å²) in [6, 6.07) is 5.88. The van der Waals surface area contributed by atoms with E-state index in [4.69, 9.17) is 4.74 Å². The third-order valence-electron chi connectivity index (χ3n) is 3.67. The Hall–Kier alpha value is -0.540. The zero-order valence-electron chi connectivity index (χ0n) is 10.9. The van der Waals surface area contributed by atoms with Crippen LogP contribution in [0.25, 0.3) is 0 Å². The van der Waals surface area contributed by atoms with Crippen LogP contribution in [0.15, 0.2) is 22.7 Å². The molecule has 0 radical (unpaired) electrons. The van der Waals surface area contributed by atoms with Gasteiger partial charge in [-0.15, -0.1) is 0 Å². The highest BCUT2D eigenvalue weighted by molar-refractivity contribution is 9.10. The van der Waals surface area contributed by atoms with E-state index in [1.165, 1.54) is 25.7 Å². The van der Waals surface area contributed by atoms with Gasteiger partial charge in [-0.2, -0.15) is 0 Å². The molecule has 1 aromatic rings. The standard InChI is InChI=1S/C15H21BrO2/c1-2-18-15-8-7-12(10-13(15)16)14(17)9-11-5-3-4-6-11/h7-8,10-11,14,17H,2-6,9H2,1H3. The SMILES string of the molecule is CCOc1ccc(C(O)CC2CCCC2)cc1Br. The van der Waals surface area contributed by atoms with Crippen LogP contribution in [0.1, 0.15) is 50.7 Å². The van der Waals surface area contributed by atoms with Gasteiger partial charge in [-0.3, -0.25) is 0 Å². The van der Waals surface area contributed by atoms with Gasteiger partial charge in [0.05, 0.1) is 17.2 Å². The molecule has 1 fully saturated rings. The molecule has 1 atom stereocenters. The van der Waals surface area contributed by atoms with Crippen molar-refractivity contribution < 1.29 is 9.84 Å². The minimum Gasteiger partial charge on any atom is -0.493 e. The summed E-state index contributed by atoms with van der Waals surface area (Å²) in [7, 11) is 0. The van der Waals surface area contributed by atoms with E-state index >= 15 is 0 Å². The lowest BCUT2D eigenvalue weighted by Gasteiger charge is -2.16. The van der Waals surface area contributed by atoms with E-state index in [0.29, 0.717) is 12.5 Å². The van der Waals surface area contributed by atoms with Crippen LogP contribution in [0.4, 0.5) is 0 Å². The highest BCUT2D eigenvalue weighted by atomic mass is 79.9. The summed E-state index contributed by atoms with van der Waals surface area (Å²) < 4.78 is 6.40. The Labute approximate surface area is 117 Å². The number of benzene rings is 1. The fourth-order valence-electron chi connectivity index (χ4n) is 2.69. The molecule has 1 aliphatic rings. The van der Waals surface area contributed by atoms with Gasteiger partial charge >= 0.3 is 0 Å². The molecule has 0 aromatic heterocycles. The van der Waals surface area contributed by atoms with Crippen LogP contribution in [-0.4, -0.2) is 11.7 Å². The molecule has 1 N–H and O–H groups in total. The second-order valence-corrected chi connectivity index (χ2v) is 5.88. The Bertz CT molecular complexity index is 386. The Morgan fingerprint density at radius 3 is 2.72 bits per heavy atom. The Kier molecular flexibility index (Phi) is 5.07. The van der Waals surface area contributed by atoms with E-state index in [0.717, 1.165) is 22.2 Å². The molecule has 3 heteroatoms. The fourth-order valence-corrected chi connectivity index (χ4v) is 3.21. The minimum absolute atomic E-state index is 0.347. The normalized spacial score (nSPS) is 17.9. The van der Waals surface area contributed by atoms with Crippen LogP contribution >= 0.6 is 15.9 Å². The lowest BCUT2D eigenvalue weighted by atomic mass is 9.96. The summed E-state index contributed by atoms with van der Waals surface area (Å²) in [4.78, 5) is 0. The molecule has 2 nitrogen and oxygen atoms in total. The molecule has 0 spiro atoms. The molecule has 0 bridgehead atoms. The molecule has 0 saturated heterocycles. The van der Waals surface area contributed by atoms with Gasteiger partial charge in [0.15, 0.2) is 0 Å². The van der Waals surface area contributed by atoms with Crippen LogP contribution < -0.4 is 4.74 Å². The predicted octanol–water partition coefficient (Wildman–Crippen LogP) is 4.46. The molecular weight excluding hydrogens is 292 g/mol. The van der Waals surface area contributed by atoms with Crippen molar-refractivity contribution in [1.29, 1.82) is 0 Å². The first-order chi connectivity index (χ1) is 8.70. The fraction of sp³-hybridized carbons (Fsp3) is 0.600. The van der Waals surface area contributed by atoms with Crippen molar-refractivity contribution in [2.45, 2.75) is 45.1 Å². The zero-order valence-corrected chi connectivity index (χ0v) is 12.4. The van der Waals surface area contributed by atoms with Gasteiger partial charge in [0, 0.05) is 0 Å². The summed E-state index contributed by atoms with van der Waals surface area (Å²) in [6.45, 7) is 2.62. The third kappa shape index (κ3) is 3.48. The van der Waals surface area contributed by atoms with Gasteiger partial charge < -0.3 is 9.84 Å². The molecule has 1 saturated carbocycles. The predicted molar refractivity (Wildman–Crippen MR) is 76.8 cm³/mol. The number of aliphatic hydroxyl groups excluding tert-OH is 1. The van der Waals surface area contributed by atoms with Crippen molar-refractivity contribution in [3.63, 3.8) is 0 Å². The Morgan fingerprint density at radius 1 is 1.39 bits per heavy atom. The first-order valence-corrected chi connectivity index (χ1v) is 7.60. The highest BCUT2D eigenvalue weighted by Crippen LogP contribution is 2.35. The monoisotopic (exact) mass is 312 g/mol. The van der Waals surface area contributed by atoms with Crippen LogP contribution in [0.5, 0.6) is 5.75 Å². The highest BCUT2D eigenvalue weighted by Gasteiger charge is 2.20. The van der Waals surface area contributed by atoms with E-state index in [9.17, 15) is 5.11 Å². The molecular formula is C15H21BrO2. The van der Waals surface area contributed by atoms with Gasteiger partial charge in [-0.05, 0) is 52.9 Å². The minimum atomic E-state index is -0.347. The van der Waals surface area contributed by atoms with E-state index in [-0.39, 0.29) is 6.10 Å². The number of halogens is 1. The summed E-state index contributed by atoms with van der Waals surface area (Å²) in [5, 5.41) is 10.3. The maximum absolute atomic E-state index is 10.3. The average molecular weight is 313 g/mol. The van der Waals surface area contributed by atoms with Gasteiger partial charge in [-0.1, -0.05) is 31.7 Å². The molecule has 0 heterocycles. The third-order valence-corrected chi connectivity index (χ3v) is 4.29. The van der Waals surface area contributed by atoms with Crippen LogP contribution in [-0.2, 0) is 0 Å². The summed E-state index contributed by atoms with van der Waals surface area (Å²) >= 11 is 3.49. The molecule has 1 aliphatic carbocycles. The number of rotatable bonds is 5. The van der Waals surface area contributed by atoms with E-state index in [2.05, 4.69) is 15.9 Å². The smallest absolute Gasteiger partial charge is 0.133 e. The maximum Gasteiger partial charge on any atom is 0.133 e. The maximum atomic E-state index is 10.3. The second-order valence-electron chi connectivity index (χ2n) is 5.02. The quantitative estimate of drug-likeness (QED) is 0.869. The first kappa shape index (κ1) is 13.9. The van der Waals surface area contributed by atoms with Crippen molar-refractivity contribution in [3.05, 3.63) is 28.2 Å². The van der Waals surface area contributed by atoms with Crippen LogP contribution in [0, 0.1) is 5.92 Å². The van der Waals surface area contributed by atoms with Crippen molar-refractivity contribution in [1.82, 2.24) is 0 Å². The molecule has 0 aliphatic heterocycles. The molecule has 2 rings (SSSR count). The van der Waals surface area contributed by atoms with E-state index in [1.807, 2.05) is 25.1 Å². The molecule has 0 amide bonds. The Balaban J connectivity index is 2.01. The number of hydrogen-bond acceptors (Lipinski definition) is 2. The first-order valence-electron chi connectivity index (χ1n) is 6.81. The van der Waals surface area contributed by atoms with Crippen LogP contribution in [0.2, 0.25) is 0 Å². The zero-order chi connectivity index (χ0) is 13.0. The molecule has 1 unspecified atom stereocenters. The summed E-state index contributed by atoms with van der Waals surface area (Å²) in [5.74, 6) is 1.54. The molecule has 18 heavy (non-hydrogen) atoms. The van der Waals surface area contributed by atoms with Crippen molar-refractivity contribution in [2.24, 2.45) is 5.92 Å². The second kappa shape index (κ2) is 6.58. The van der Waals surface area contributed by atoms with E-state index in [1.54, 1.807) is 0 Å². The van der Waals surface area contributed by atoms with Crippen molar-refractivity contribution >= 4 is 15.9 Å². The topological polar surface area (TPSA) is 29.5 Å². The largest absolute Gasteiger partial charge is 0.493 e. The lowest BCUT2D eigenvalue weighted by molar-refractivity contribution is 0.144. The summed E-state index contributed by atoms with van der Waals surface area (Å²) in [5.41, 5.74) is 0.984. The Morgan fingerprint density at radius 2 is 2.11 bits per heavy atom. The van der Waals surface area contributed by atoms with Gasteiger partial charge in [0.2, 0.25) is 0 Å². The van der Waals surface area contributed by atoms with Crippen molar-refractivity contribution in [2.75, 3.05) is 6.61 Å². The van der Waals surface area contributed by atoms with Gasteiger partial charge in [0.1, 0.15) is 5.75 Å². The molecule has 100 valence electrons. The van der Waals surface area contributed by atoms with E-state index < -0.39 is 0 Å². The van der Waals surface area contributed by atoms with Gasteiger partial charge in [-0.25, -0.2) is 0 Å². The van der Waals surface area contributed by atoms with Crippen LogP contribution in [0.3, 0.4) is 0 Å². The van der Waals surface area contributed by atoms with Gasteiger partial charge in [0.25, 0.3) is 0 Å². The average Bonchev–Trinajstić information content (AvgIpc) is 2.84. The lowest BCUT2D eigenvalue weighted by Crippen LogP contribution is -2.04.